The summed E-state index contributed by atoms with van der Waals surface area (Å²) in [5.41, 5.74) is 1.20. The van der Waals surface area contributed by atoms with E-state index in [0.29, 0.717) is 28.3 Å². The average Bonchev–Trinajstić information content (AvgIpc) is 3.40. The molecule has 7 heteroatoms. The van der Waals surface area contributed by atoms with Gasteiger partial charge in [0.1, 0.15) is 0 Å². The van der Waals surface area contributed by atoms with Gasteiger partial charge in [0.25, 0.3) is 11.8 Å². The van der Waals surface area contributed by atoms with Crippen LogP contribution in [0.4, 0.5) is 5.69 Å². The summed E-state index contributed by atoms with van der Waals surface area (Å²) >= 11 is 2.70. The highest BCUT2D eigenvalue weighted by Crippen LogP contribution is 2.42. The number of rotatable bonds is 7. The fraction of sp³-hybridized carbons (Fsp3) is 0.125. The van der Waals surface area contributed by atoms with Crippen LogP contribution in [0.25, 0.3) is 5.57 Å². The Labute approximate surface area is 188 Å². The third kappa shape index (κ3) is 4.33. The Bertz CT molecular complexity index is 1140. The van der Waals surface area contributed by atoms with Crippen molar-refractivity contribution in [1.29, 1.82) is 0 Å². The molecule has 0 bridgehead atoms. The van der Waals surface area contributed by atoms with Gasteiger partial charge in [0, 0.05) is 9.77 Å². The maximum Gasteiger partial charge on any atom is 0.338 e. The molecular formula is C24H19NO4S2. The normalized spacial score (nSPS) is 13.8. The van der Waals surface area contributed by atoms with Crippen molar-refractivity contribution in [3.63, 3.8) is 0 Å². The maximum atomic E-state index is 13.3. The lowest BCUT2D eigenvalue weighted by Gasteiger charge is -2.15. The Kier molecular flexibility index (Phi) is 6.34. The monoisotopic (exact) mass is 449 g/mol. The van der Waals surface area contributed by atoms with Gasteiger partial charge in [-0.15, -0.1) is 11.3 Å². The van der Waals surface area contributed by atoms with Crippen LogP contribution in [0, 0.1) is 0 Å². The Hall–Kier alpha value is -3.16. The zero-order valence-electron chi connectivity index (χ0n) is 16.7. The minimum absolute atomic E-state index is 0.345. The van der Waals surface area contributed by atoms with E-state index in [1.54, 1.807) is 24.3 Å². The molecule has 0 atom stereocenters. The van der Waals surface area contributed by atoms with Crippen molar-refractivity contribution in [1.82, 2.24) is 0 Å². The van der Waals surface area contributed by atoms with E-state index in [1.165, 1.54) is 28.0 Å². The van der Waals surface area contributed by atoms with Crippen LogP contribution in [-0.2, 0) is 14.3 Å². The molecule has 5 nitrogen and oxygen atoms in total. The zero-order chi connectivity index (χ0) is 21.8. The summed E-state index contributed by atoms with van der Waals surface area (Å²) in [6.45, 7) is 2.27. The third-order valence-corrected chi connectivity index (χ3v) is 6.55. The first-order valence-corrected chi connectivity index (χ1v) is 11.5. The van der Waals surface area contributed by atoms with Crippen LogP contribution in [0.3, 0.4) is 0 Å². The first-order chi connectivity index (χ1) is 15.1. The van der Waals surface area contributed by atoms with Crippen molar-refractivity contribution in [2.45, 2.75) is 18.2 Å². The SMILES string of the molecule is CCCOC(=O)c1ccc(N2C(=O)C(Sc3ccccc3)=C(c3cccs3)C2=O)cc1. The number of anilines is 1. The standard InChI is InChI=1S/C24H19NO4S2/c1-2-14-29-24(28)16-10-12-17(13-11-16)25-22(26)20(19-9-6-15-30-19)21(23(25)27)31-18-7-4-3-5-8-18/h3-13,15H,2,14H2,1H3. The molecule has 156 valence electrons. The van der Waals surface area contributed by atoms with Crippen LogP contribution in [0.5, 0.6) is 0 Å². The number of ether oxygens (including phenoxy) is 1. The molecule has 0 N–H and O–H groups in total. The van der Waals surface area contributed by atoms with E-state index >= 15 is 0 Å². The summed E-state index contributed by atoms with van der Waals surface area (Å²) in [5.74, 6) is -1.17. The highest BCUT2D eigenvalue weighted by atomic mass is 32.2. The van der Waals surface area contributed by atoms with E-state index in [9.17, 15) is 14.4 Å². The predicted molar refractivity (Wildman–Crippen MR) is 123 cm³/mol. The van der Waals surface area contributed by atoms with E-state index in [2.05, 4.69) is 0 Å². The maximum absolute atomic E-state index is 13.3. The molecule has 0 fully saturated rings. The fourth-order valence-corrected chi connectivity index (χ4v) is 4.95. The molecule has 1 aromatic heterocycles. The van der Waals surface area contributed by atoms with Crippen molar-refractivity contribution in [3.05, 3.63) is 87.5 Å². The van der Waals surface area contributed by atoms with Crippen molar-refractivity contribution in [3.8, 4) is 0 Å². The molecule has 1 aliphatic heterocycles. The number of hydrogen-bond acceptors (Lipinski definition) is 6. The Balaban J connectivity index is 1.66. The number of thiophene rings is 1. The van der Waals surface area contributed by atoms with Crippen LogP contribution in [0.15, 0.2) is 81.9 Å². The number of hydrogen-bond donors (Lipinski definition) is 0. The van der Waals surface area contributed by atoms with E-state index in [1.807, 2.05) is 54.8 Å². The molecule has 2 heterocycles. The smallest absolute Gasteiger partial charge is 0.338 e. The largest absolute Gasteiger partial charge is 0.462 e. The van der Waals surface area contributed by atoms with Gasteiger partial charge in [0.15, 0.2) is 0 Å². The highest BCUT2D eigenvalue weighted by Gasteiger charge is 2.40. The minimum Gasteiger partial charge on any atom is -0.462 e. The second kappa shape index (κ2) is 9.32. The summed E-state index contributed by atoms with van der Waals surface area (Å²) in [6.07, 6.45) is 0.736. The predicted octanol–water partition coefficient (Wildman–Crippen LogP) is 5.39. The highest BCUT2D eigenvalue weighted by molar-refractivity contribution is 8.04. The summed E-state index contributed by atoms with van der Waals surface area (Å²) in [4.78, 5) is 41.9. The van der Waals surface area contributed by atoms with E-state index in [4.69, 9.17) is 4.74 Å². The topological polar surface area (TPSA) is 63.7 Å². The molecule has 3 aromatic rings. The van der Waals surface area contributed by atoms with E-state index < -0.39 is 5.97 Å². The van der Waals surface area contributed by atoms with Crippen LogP contribution in [-0.4, -0.2) is 24.4 Å². The lowest BCUT2D eigenvalue weighted by Crippen LogP contribution is -2.31. The number of imide groups is 1. The van der Waals surface area contributed by atoms with Crippen LogP contribution >= 0.6 is 23.1 Å². The van der Waals surface area contributed by atoms with Gasteiger partial charge in [0.2, 0.25) is 0 Å². The molecule has 0 radical (unpaired) electrons. The molecule has 1 aliphatic rings. The lowest BCUT2D eigenvalue weighted by atomic mass is 10.2. The van der Waals surface area contributed by atoms with Crippen molar-refractivity contribution < 1.29 is 19.1 Å². The fourth-order valence-electron chi connectivity index (χ4n) is 3.11. The first kappa shape index (κ1) is 21.1. The van der Waals surface area contributed by atoms with Crippen LogP contribution < -0.4 is 4.90 Å². The zero-order valence-corrected chi connectivity index (χ0v) is 18.4. The van der Waals surface area contributed by atoms with Gasteiger partial charge in [-0.3, -0.25) is 9.59 Å². The van der Waals surface area contributed by atoms with Gasteiger partial charge in [-0.25, -0.2) is 9.69 Å². The average molecular weight is 450 g/mol. The Morgan fingerprint density at radius 1 is 0.968 bits per heavy atom. The Morgan fingerprint density at radius 2 is 1.71 bits per heavy atom. The van der Waals surface area contributed by atoms with Crippen molar-refractivity contribution in [2.75, 3.05) is 11.5 Å². The number of carbonyl (C=O) groups excluding carboxylic acids is 3. The quantitative estimate of drug-likeness (QED) is 0.357. The van der Waals surface area contributed by atoms with Gasteiger partial charge < -0.3 is 4.74 Å². The van der Waals surface area contributed by atoms with Crippen LogP contribution in [0.2, 0.25) is 0 Å². The molecule has 0 saturated carbocycles. The molecule has 0 saturated heterocycles. The molecular weight excluding hydrogens is 430 g/mol. The van der Waals surface area contributed by atoms with Gasteiger partial charge in [-0.2, -0.15) is 0 Å². The summed E-state index contributed by atoms with van der Waals surface area (Å²) in [6, 6.07) is 19.5. The lowest BCUT2D eigenvalue weighted by molar-refractivity contribution is -0.119. The van der Waals surface area contributed by atoms with Gasteiger partial charge in [-0.05, 0) is 54.3 Å². The molecule has 0 aliphatic carbocycles. The minimum atomic E-state index is -0.426. The van der Waals surface area contributed by atoms with E-state index in [-0.39, 0.29) is 11.8 Å². The molecule has 2 aromatic carbocycles. The molecule has 31 heavy (non-hydrogen) atoms. The molecule has 0 spiro atoms. The third-order valence-electron chi connectivity index (χ3n) is 4.57. The van der Waals surface area contributed by atoms with Crippen molar-refractivity contribution in [2.24, 2.45) is 0 Å². The molecule has 4 rings (SSSR count). The first-order valence-electron chi connectivity index (χ1n) is 9.77. The summed E-state index contributed by atoms with van der Waals surface area (Å²) < 4.78 is 5.14. The number of amides is 2. The van der Waals surface area contributed by atoms with Gasteiger partial charge in [-0.1, -0.05) is 43.0 Å². The number of esters is 1. The second-order valence-electron chi connectivity index (χ2n) is 6.73. The van der Waals surface area contributed by atoms with Crippen molar-refractivity contribution >= 4 is 52.1 Å². The second-order valence-corrected chi connectivity index (χ2v) is 8.76. The summed E-state index contributed by atoms with van der Waals surface area (Å²) in [5, 5.41) is 1.88. The number of benzene rings is 2. The van der Waals surface area contributed by atoms with Gasteiger partial charge in [0.05, 0.1) is 28.3 Å². The molecule has 0 unspecified atom stereocenters. The Morgan fingerprint density at radius 3 is 2.35 bits per heavy atom. The number of thioether (sulfide) groups is 1. The van der Waals surface area contributed by atoms with E-state index in [0.717, 1.165) is 16.2 Å². The number of carbonyl (C=O) groups is 3. The summed E-state index contributed by atoms with van der Waals surface area (Å²) in [7, 11) is 0. The number of nitrogens with zero attached hydrogens (tertiary/aromatic N) is 1. The van der Waals surface area contributed by atoms with Gasteiger partial charge >= 0.3 is 5.97 Å². The van der Waals surface area contributed by atoms with Crippen LogP contribution in [0.1, 0.15) is 28.6 Å². The molecule has 2 amide bonds.